The van der Waals surface area contributed by atoms with E-state index >= 15 is 0 Å². The molecule has 1 nitrogen and oxygen atoms in total. The van der Waals surface area contributed by atoms with Crippen molar-refractivity contribution in [1.82, 2.24) is 0 Å². The molecule has 0 spiro atoms. The molecule has 0 radical (unpaired) electrons. The minimum atomic E-state index is -0.266. The molecule has 6 aromatic rings. The monoisotopic (exact) mass is 706 g/mol. The molecular formula is C51H56B2O. The van der Waals surface area contributed by atoms with Crippen LogP contribution in [0.2, 0.25) is 0 Å². The highest BCUT2D eigenvalue weighted by atomic mass is 16.5. The van der Waals surface area contributed by atoms with Gasteiger partial charge in [0.2, 0.25) is 13.4 Å². The predicted octanol–water partition coefficient (Wildman–Crippen LogP) is 8.85. The van der Waals surface area contributed by atoms with E-state index in [4.69, 9.17) is 4.74 Å². The van der Waals surface area contributed by atoms with Crippen LogP contribution in [0.15, 0.2) is 84.9 Å². The van der Waals surface area contributed by atoms with Crippen molar-refractivity contribution in [3.8, 4) is 11.5 Å². The van der Waals surface area contributed by atoms with Gasteiger partial charge < -0.3 is 4.74 Å². The Labute approximate surface area is 326 Å². The van der Waals surface area contributed by atoms with Crippen molar-refractivity contribution < 1.29 is 4.74 Å². The number of benzene rings is 6. The maximum atomic E-state index is 7.01. The molecule has 7 rings (SSSR count). The first kappa shape index (κ1) is 37.6. The topological polar surface area (TPSA) is 9.23 Å². The molecule has 1 aliphatic heterocycles. The lowest BCUT2D eigenvalue weighted by molar-refractivity contribution is 0.419. The summed E-state index contributed by atoms with van der Waals surface area (Å²) in [6, 6.07) is 32.8. The molecule has 1 heterocycles. The van der Waals surface area contributed by atoms with Crippen molar-refractivity contribution in [1.29, 1.82) is 0 Å². The maximum absolute atomic E-state index is 7.01. The van der Waals surface area contributed by atoms with Crippen LogP contribution < -0.4 is 37.5 Å². The van der Waals surface area contributed by atoms with E-state index in [9.17, 15) is 0 Å². The smallest absolute Gasteiger partial charge is 0.242 e. The molecule has 0 fully saturated rings. The van der Waals surface area contributed by atoms with E-state index in [0.717, 1.165) is 11.5 Å². The summed E-state index contributed by atoms with van der Waals surface area (Å²) in [5.74, 6) is 1.91. The van der Waals surface area contributed by atoms with Gasteiger partial charge in [0.1, 0.15) is 11.5 Å². The van der Waals surface area contributed by atoms with Crippen LogP contribution in [-0.4, -0.2) is 13.4 Å². The van der Waals surface area contributed by atoms with Crippen molar-refractivity contribution in [3.05, 3.63) is 163 Å². The highest BCUT2D eigenvalue weighted by molar-refractivity contribution is 6.97. The molecule has 0 saturated carbocycles. The highest BCUT2D eigenvalue weighted by Crippen LogP contribution is 2.47. The van der Waals surface area contributed by atoms with Crippen molar-refractivity contribution in [2.45, 2.75) is 102 Å². The highest BCUT2D eigenvalue weighted by Gasteiger charge is 2.38. The lowest BCUT2D eigenvalue weighted by Crippen LogP contribution is -2.56. The minimum absolute atomic E-state index is 0.0923. The summed E-state index contributed by atoms with van der Waals surface area (Å²) in [5.41, 5.74) is 26.3. The molecule has 54 heavy (non-hydrogen) atoms. The van der Waals surface area contributed by atoms with Gasteiger partial charge in [-0.3, -0.25) is 0 Å². The lowest BCUT2D eigenvalue weighted by atomic mass is 9.34. The van der Waals surface area contributed by atoms with Gasteiger partial charge in [-0.2, -0.15) is 0 Å². The summed E-state index contributed by atoms with van der Waals surface area (Å²) in [6.07, 6.45) is 0. The van der Waals surface area contributed by atoms with Gasteiger partial charge in [0.05, 0.1) is 0 Å². The van der Waals surface area contributed by atoms with E-state index in [1.165, 1.54) is 111 Å². The zero-order valence-corrected chi connectivity index (χ0v) is 35.1. The maximum Gasteiger partial charge on any atom is 0.242 e. The van der Waals surface area contributed by atoms with E-state index in [-0.39, 0.29) is 18.8 Å². The zero-order valence-electron chi connectivity index (χ0n) is 35.1. The lowest BCUT2D eigenvalue weighted by Gasteiger charge is -2.36. The number of rotatable bonds is 6. The quantitative estimate of drug-likeness (QED) is 0.157. The summed E-state index contributed by atoms with van der Waals surface area (Å²) in [5, 5.41) is 0. The van der Waals surface area contributed by atoms with E-state index in [2.05, 4.69) is 182 Å². The predicted molar refractivity (Wildman–Crippen MR) is 237 cm³/mol. The largest absolute Gasteiger partial charge is 0.457 e. The Morgan fingerprint density at radius 1 is 0.352 bits per heavy atom. The van der Waals surface area contributed by atoms with E-state index in [1.54, 1.807) is 0 Å². The van der Waals surface area contributed by atoms with Crippen molar-refractivity contribution in [2.24, 2.45) is 0 Å². The number of ether oxygens (including phenoxy) is 1. The molecular weight excluding hydrogens is 650 g/mol. The molecule has 0 N–H and O–H groups in total. The summed E-state index contributed by atoms with van der Waals surface area (Å²) in [7, 11) is 0. The van der Waals surface area contributed by atoms with Crippen LogP contribution in [0.3, 0.4) is 0 Å². The molecule has 0 aliphatic carbocycles. The molecule has 0 aromatic heterocycles. The molecule has 0 unspecified atom stereocenters. The van der Waals surface area contributed by atoms with Gasteiger partial charge in [-0.15, -0.1) is 0 Å². The first-order valence-corrected chi connectivity index (χ1v) is 19.7. The third-order valence-electron chi connectivity index (χ3n) is 12.3. The fourth-order valence-electron chi connectivity index (χ4n) is 10.4. The first-order valence-electron chi connectivity index (χ1n) is 19.7. The Bertz CT molecular complexity index is 2270. The summed E-state index contributed by atoms with van der Waals surface area (Å²) in [4.78, 5) is 0. The normalized spacial score (nSPS) is 12.9. The molecule has 0 bridgehead atoms. The average Bonchev–Trinajstić information content (AvgIpc) is 3.05. The third kappa shape index (κ3) is 6.44. The summed E-state index contributed by atoms with van der Waals surface area (Å²) in [6.45, 7) is 32.0. The van der Waals surface area contributed by atoms with E-state index < -0.39 is 0 Å². The number of hydrogen-bond acceptors (Lipinski definition) is 1. The third-order valence-corrected chi connectivity index (χ3v) is 12.3. The van der Waals surface area contributed by atoms with Gasteiger partial charge in [-0.1, -0.05) is 186 Å². The standard InChI is InChI=1S/C51H56B2O/c1-29-19-33(5)47(34(6)20-29)52(48-35(7)21-30(2)22-36(48)8)41-16-18-45-44(27-41)51(13,14)43-17-15-42(28-46(43)54-45)53(49-37(9)23-31(3)24-38(49)10)50-39(11)25-32(4)26-40(50)12/h15-28H,1-14H3. The Balaban J connectivity index is 1.39. The Morgan fingerprint density at radius 2 is 0.667 bits per heavy atom. The second-order valence-corrected chi connectivity index (χ2v) is 17.4. The fourth-order valence-corrected chi connectivity index (χ4v) is 10.4. The van der Waals surface area contributed by atoms with Crippen LogP contribution in [-0.2, 0) is 5.41 Å². The van der Waals surface area contributed by atoms with Crippen LogP contribution in [0.25, 0.3) is 0 Å². The Kier molecular flexibility index (Phi) is 9.62. The molecule has 0 amide bonds. The molecule has 6 aromatic carbocycles. The second kappa shape index (κ2) is 13.8. The van der Waals surface area contributed by atoms with Crippen molar-refractivity contribution >= 4 is 46.2 Å². The minimum Gasteiger partial charge on any atom is -0.457 e. The van der Waals surface area contributed by atoms with Gasteiger partial charge in [0.15, 0.2) is 0 Å². The van der Waals surface area contributed by atoms with E-state index in [1.807, 2.05) is 0 Å². The Morgan fingerprint density at radius 3 is 1.02 bits per heavy atom. The average molecular weight is 707 g/mol. The Hall–Kier alpha value is -4.75. The van der Waals surface area contributed by atoms with E-state index in [0.29, 0.717) is 0 Å². The van der Waals surface area contributed by atoms with Crippen LogP contribution in [0, 0.1) is 83.1 Å². The molecule has 0 atom stereocenters. The SMILES string of the molecule is Cc1cc(C)c(B(c2ccc3c(c2)Oc2ccc(B(c4c(C)cc(C)cc4C)c4c(C)cc(C)cc4C)cc2C3(C)C)c2c(C)cc(C)cc2C)c(C)c1. The van der Waals surface area contributed by atoms with Crippen molar-refractivity contribution in [2.75, 3.05) is 0 Å². The van der Waals surface area contributed by atoms with Crippen LogP contribution in [0.1, 0.15) is 91.7 Å². The molecule has 3 heteroatoms. The number of hydrogen-bond donors (Lipinski definition) is 0. The molecule has 272 valence electrons. The van der Waals surface area contributed by atoms with Crippen LogP contribution in [0.5, 0.6) is 11.5 Å². The molecule has 1 aliphatic rings. The van der Waals surface area contributed by atoms with Crippen LogP contribution in [0.4, 0.5) is 0 Å². The van der Waals surface area contributed by atoms with Crippen molar-refractivity contribution in [3.63, 3.8) is 0 Å². The fraction of sp³-hybridized carbons (Fsp3) is 0.294. The summed E-state index contributed by atoms with van der Waals surface area (Å²) < 4.78 is 7.01. The van der Waals surface area contributed by atoms with Gasteiger partial charge in [0.25, 0.3) is 0 Å². The summed E-state index contributed by atoms with van der Waals surface area (Å²) >= 11 is 0. The van der Waals surface area contributed by atoms with Gasteiger partial charge >= 0.3 is 0 Å². The second-order valence-electron chi connectivity index (χ2n) is 17.4. The molecule has 0 saturated heterocycles. The van der Waals surface area contributed by atoms with Gasteiger partial charge in [-0.25, -0.2) is 0 Å². The number of aryl methyl sites for hydroxylation is 12. The van der Waals surface area contributed by atoms with Crippen LogP contribution >= 0.6 is 0 Å². The van der Waals surface area contributed by atoms with Gasteiger partial charge in [-0.05, 0) is 95.2 Å². The number of fused-ring (bicyclic) bond motifs is 2. The zero-order chi connectivity index (χ0) is 39.0. The first-order chi connectivity index (χ1) is 25.5. The van der Waals surface area contributed by atoms with Gasteiger partial charge in [0, 0.05) is 16.5 Å².